The minimum absolute atomic E-state index is 0.0000989. The molecule has 8 N–H and O–H groups in total. The fourth-order valence-corrected chi connectivity index (χ4v) is 7.28. The number of anilines is 2. The van der Waals surface area contributed by atoms with Gasteiger partial charge in [-0.25, -0.2) is 23.4 Å². The van der Waals surface area contributed by atoms with Crippen molar-refractivity contribution in [3.63, 3.8) is 0 Å². The number of carbonyl (C=O) groups is 5. The maximum Gasteiger partial charge on any atom is 0.315 e. The lowest BCUT2D eigenvalue weighted by Gasteiger charge is -2.42. The second-order valence-corrected chi connectivity index (χ2v) is 16.0. The molecule has 3 aromatic rings. The van der Waals surface area contributed by atoms with Crippen LogP contribution >= 0.6 is 22.6 Å². The number of nitrogens with zero attached hydrogens (tertiary/aromatic N) is 3. The maximum atomic E-state index is 14.7. The van der Waals surface area contributed by atoms with Gasteiger partial charge >= 0.3 is 6.03 Å². The highest BCUT2D eigenvalue weighted by Crippen LogP contribution is 2.28. The number of carbonyl (C=O) groups excluding carboxylic acids is 5. The largest absolute Gasteiger partial charge is 0.356 e. The summed E-state index contributed by atoms with van der Waals surface area (Å²) < 4.78 is 44.8. The number of hydrogen-bond acceptors (Lipinski definition) is 9. The molecule has 16 nitrogen and oxygen atoms in total. The Hall–Kier alpha value is -4.99. The van der Waals surface area contributed by atoms with Crippen LogP contribution in [-0.2, 0) is 27.3 Å². The van der Waals surface area contributed by atoms with Gasteiger partial charge in [0, 0.05) is 60.5 Å². The van der Waals surface area contributed by atoms with Crippen LogP contribution in [0.15, 0.2) is 36.5 Å². The summed E-state index contributed by atoms with van der Waals surface area (Å²) in [6.45, 7) is 3.18. The highest BCUT2D eigenvalue weighted by molar-refractivity contribution is 14.1. The first kappa shape index (κ1) is 45.1. The summed E-state index contributed by atoms with van der Waals surface area (Å²) in [6.07, 6.45) is 9.37. The number of amides is 6. The lowest BCUT2D eigenvalue weighted by molar-refractivity contribution is -0.141. The number of unbranched alkanes of at least 4 members (excludes halogenated alkanes) is 2. The van der Waals surface area contributed by atoms with Crippen LogP contribution in [-0.4, -0.2) is 81.9 Å². The van der Waals surface area contributed by atoms with Gasteiger partial charge in [0.2, 0.25) is 11.8 Å². The molecule has 6 amide bonds. The number of aryl methyl sites for hydroxylation is 2. The van der Waals surface area contributed by atoms with E-state index >= 15 is 0 Å². The summed E-state index contributed by atoms with van der Waals surface area (Å²) in [4.78, 5) is 61.6. The number of hydrogen-bond donors (Lipinski definition) is 8. The van der Waals surface area contributed by atoms with Crippen LogP contribution in [0.5, 0.6) is 0 Å². The zero-order chi connectivity index (χ0) is 42.4. The molecule has 20 heteroatoms. The van der Waals surface area contributed by atoms with Crippen LogP contribution in [0.3, 0.4) is 0 Å². The molecule has 0 radical (unpaired) electrons. The Balaban J connectivity index is 0.926. The van der Waals surface area contributed by atoms with E-state index in [2.05, 4.69) is 53.1 Å². The van der Waals surface area contributed by atoms with Gasteiger partial charge in [0.15, 0.2) is 11.6 Å². The van der Waals surface area contributed by atoms with E-state index in [9.17, 15) is 37.1 Å². The quantitative estimate of drug-likeness (QED) is 0.0482. The monoisotopic (exact) mass is 937 g/mol. The van der Waals surface area contributed by atoms with E-state index in [1.54, 1.807) is 27.3 Å². The fourth-order valence-electron chi connectivity index (χ4n) is 6.94. The molecule has 0 aliphatic carbocycles. The van der Waals surface area contributed by atoms with Gasteiger partial charge in [-0.2, -0.15) is 0 Å². The summed E-state index contributed by atoms with van der Waals surface area (Å²) >= 11 is 1.79. The van der Waals surface area contributed by atoms with Crippen molar-refractivity contribution in [2.24, 2.45) is 0 Å². The van der Waals surface area contributed by atoms with Crippen LogP contribution in [0.1, 0.15) is 93.6 Å². The maximum absolute atomic E-state index is 14.7. The minimum Gasteiger partial charge on any atom is -0.356 e. The summed E-state index contributed by atoms with van der Waals surface area (Å²) in [6, 6.07) is 6.10. The van der Waals surface area contributed by atoms with E-state index in [0.717, 1.165) is 49.6 Å². The van der Waals surface area contributed by atoms with Crippen molar-refractivity contribution >= 4 is 63.6 Å². The van der Waals surface area contributed by atoms with Gasteiger partial charge in [0.25, 0.3) is 11.8 Å². The molecule has 0 spiro atoms. The molecule has 0 saturated carbocycles. The van der Waals surface area contributed by atoms with Crippen molar-refractivity contribution in [3.8, 4) is 0 Å². The van der Waals surface area contributed by atoms with E-state index in [1.807, 2.05) is 13.1 Å². The molecule has 2 aromatic carbocycles. The lowest BCUT2D eigenvalue weighted by atomic mass is 9.84. The SMILES string of the molecule is C[C@H]1NC(=O)N[C@H]1CCCCCC(=O)NCCCn1cc(CCCC2(CCCC(=O)NCCNC(=O)c3ccc(F)c(F)c3Nc3ccc(I)c(F)c3)NNC2=O)nn1. The highest BCUT2D eigenvalue weighted by Gasteiger charge is 2.45. The lowest BCUT2D eigenvalue weighted by Crippen LogP contribution is -2.74. The van der Waals surface area contributed by atoms with Crippen molar-refractivity contribution in [1.29, 1.82) is 0 Å². The van der Waals surface area contributed by atoms with Gasteiger partial charge in [-0.1, -0.05) is 18.1 Å². The first-order valence-electron chi connectivity index (χ1n) is 19.9. The Bertz CT molecular complexity index is 1970. The Morgan fingerprint density at radius 3 is 2.32 bits per heavy atom. The third kappa shape index (κ3) is 13.3. The summed E-state index contributed by atoms with van der Waals surface area (Å²) in [7, 11) is 0. The molecular weight excluding hydrogens is 886 g/mol. The molecule has 1 aromatic heterocycles. The molecule has 3 heterocycles. The Labute approximate surface area is 353 Å². The zero-order valence-corrected chi connectivity index (χ0v) is 35.0. The second kappa shape index (κ2) is 21.9. The van der Waals surface area contributed by atoms with E-state index in [0.29, 0.717) is 61.6 Å². The van der Waals surface area contributed by atoms with Crippen molar-refractivity contribution < 1.29 is 37.1 Å². The predicted molar refractivity (Wildman–Crippen MR) is 221 cm³/mol. The number of nitrogens with one attached hydrogen (secondary N) is 8. The Morgan fingerprint density at radius 1 is 0.864 bits per heavy atom. The molecule has 5 rings (SSSR count). The number of rotatable bonds is 24. The van der Waals surface area contributed by atoms with Crippen LogP contribution in [0, 0.1) is 21.0 Å². The summed E-state index contributed by atoms with van der Waals surface area (Å²) in [5.41, 5.74) is 5.07. The highest BCUT2D eigenvalue weighted by atomic mass is 127. The number of benzene rings is 2. The van der Waals surface area contributed by atoms with Crippen LogP contribution < -0.4 is 42.8 Å². The second-order valence-electron chi connectivity index (χ2n) is 14.8. The number of aromatic nitrogens is 3. The van der Waals surface area contributed by atoms with Crippen LogP contribution in [0.4, 0.5) is 29.3 Å². The molecule has 2 saturated heterocycles. The number of halogens is 4. The third-order valence-corrected chi connectivity index (χ3v) is 11.2. The van der Waals surface area contributed by atoms with Crippen LogP contribution in [0.25, 0.3) is 0 Å². The van der Waals surface area contributed by atoms with E-state index < -0.39 is 34.6 Å². The normalized spacial score (nSPS) is 18.3. The molecule has 3 atom stereocenters. The average Bonchev–Trinajstić information content (AvgIpc) is 3.80. The molecule has 320 valence electrons. The fraction of sp³-hybridized carbons (Fsp3) is 0.513. The van der Waals surface area contributed by atoms with Gasteiger partial charge in [0.05, 0.1) is 23.0 Å². The number of urea groups is 1. The van der Waals surface area contributed by atoms with Crippen molar-refractivity contribution in [2.45, 2.75) is 108 Å². The first-order valence-corrected chi connectivity index (χ1v) is 21.0. The molecule has 59 heavy (non-hydrogen) atoms. The summed E-state index contributed by atoms with van der Waals surface area (Å²) in [5, 5.41) is 25.0. The average molecular weight is 938 g/mol. The van der Waals surface area contributed by atoms with E-state index in [-0.39, 0.29) is 66.6 Å². The van der Waals surface area contributed by atoms with E-state index in [4.69, 9.17) is 0 Å². The smallest absolute Gasteiger partial charge is 0.315 e. The molecule has 2 aliphatic heterocycles. The minimum atomic E-state index is -1.29. The van der Waals surface area contributed by atoms with Gasteiger partial charge in [0.1, 0.15) is 11.4 Å². The van der Waals surface area contributed by atoms with Gasteiger partial charge in [-0.3, -0.25) is 29.3 Å². The topological polar surface area (TPSA) is 212 Å². The third-order valence-electron chi connectivity index (χ3n) is 10.3. The standard InChI is InChI=1S/C39H51F3IN11O5/c1-24-31(49-38(59)47-24)9-3-2-4-10-32(55)44-18-7-21-54-23-26(50-53-54)8-5-16-39(37(58)51-52-39)17-6-11-33(56)45-19-20-46-36(57)27-13-14-28(40)34(42)35(27)48-25-12-15-30(43)29(41)22-25/h12-15,22-24,31,48,52H,2-11,16-21H2,1H3,(H,44,55)(H,45,56)(H,46,57)(H,51,58)(H2,47,49,59)/t24-,31+,39?/m1/s1. The Morgan fingerprint density at radius 2 is 1.61 bits per heavy atom. The molecular formula is C39H51F3IN11O5. The van der Waals surface area contributed by atoms with E-state index in [1.165, 1.54) is 12.1 Å². The number of hydrazine groups is 1. The van der Waals surface area contributed by atoms with Crippen molar-refractivity contribution in [1.82, 2.24) is 52.4 Å². The Kier molecular flexibility index (Phi) is 16.7. The molecule has 2 aliphatic rings. The van der Waals surface area contributed by atoms with Crippen molar-refractivity contribution in [2.75, 3.05) is 25.0 Å². The molecule has 1 unspecified atom stereocenters. The first-order chi connectivity index (χ1) is 28.3. The summed E-state index contributed by atoms with van der Waals surface area (Å²) in [5.74, 6) is -4.17. The van der Waals surface area contributed by atoms with Gasteiger partial charge in [-0.15, -0.1) is 5.10 Å². The zero-order valence-electron chi connectivity index (χ0n) is 32.8. The molecule has 2 fully saturated rings. The van der Waals surface area contributed by atoms with Gasteiger partial charge < -0.3 is 31.9 Å². The molecule has 0 bridgehead atoms. The predicted octanol–water partition coefficient (Wildman–Crippen LogP) is 3.98. The van der Waals surface area contributed by atoms with Crippen molar-refractivity contribution in [3.05, 3.63) is 68.8 Å². The van der Waals surface area contributed by atoms with Gasteiger partial charge in [-0.05, 0) is 111 Å². The van der Waals surface area contributed by atoms with Crippen LogP contribution in [0.2, 0.25) is 0 Å².